The van der Waals surface area contributed by atoms with Crippen molar-refractivity contribution < 1.29 is 19.0 Å². The highest BCUT2D eigenvalue weighted by atomic mass is 16.6. The van der Waals surface area contributed by atoms with Gasteiger partial charge in [0.1, 0.15) is 12.1 Å². The van der Waals surface area contributed by atoms with Crippen LogP contribution in [0.2, 0.25) is 0 Å². The van der Waals surface area contributed by atoms with Crippen LogP contribution in [0.3, 0.4) is 0 Å². The molecule has 1 heterocycles. The van der Waals surface area contributed by atoms with Crippen molar-refractivity contribution in [2.24, 2.45) is 4.99 Å². The number of carbonyl (C=O) groups is 1. The van der Waals surface area contributed by atoms with E-state index in [0.717, 1.165) is 25.3 Å². The molecule has 0 saturated heterocycles. The first-order chi connectivity index (χ1) is 12.8. The Hall–Kier alpha value is -2.44. The van der Waals surface area contributed by atoms with Crippen LogP contribution in [-0.2, 0) is 22.5 Å². The Kier molecular flexibility index (Phi) is 6.93. The third-order valence-corrected chi connectivity index (χ3v) is 4.13. The minimum Gasteiger partial charge on any atom is -0.493 e. The smallest absolute Gasteiger partial charge is 0.328 e. The van der Waals surface area contributed by atoms with Crippen molar-refractivity contribution in [1.29, 1.82) is 0 Å². The van der Waals surface area contributed by atoms with Crippen molar-refractivity contribution in [2.45, 2.75) is 46.3 Å². The number of rotatable bonds is 5. The fourth-order valence-electron chi connectivity index (χ4n) is 3.00. The van der Waals surface area contributed by atoms with E-state index in [1.807, 2.05) is 39.8 Å². The molecule has 0 unspecified atom stereocenters. The number of guanidine groups is 1. The Bertz CT molecular complexity index is 695. The number of hydrogen-bond acceptors (Lipinski definition) is 5. The zero-order valence-corrected chi connectivity index (χ0v) is 17.2. The summed E-state index contributed by atoms with van der Waals surface area (Å²) in [4.78, 5) is 18.6. The summed E-state index contributed by atoms with van der Waals surface area (Å²) in [6.07, 6.45) is 0.868. The zero-order valence-electron chi connectivity index (χ0n) is 17.2. The number of benzene rings is 1. The van der Waals surface area contributed by atoms with E-state index in [1.165, 1.54) is 11.1 Å². The van der Waals surface area contributed by atoms with Crippen LogP contribution >= 0.6 is 0 Å². The summed E-state index contributed by atoms with van der Waals surface area (Å²) in [6.45, 7) is 9.78. The van der Waals surface area contributed by atoms with Crippen LogP contribution in [0.25, 0.3) is 0 Å². The Morgan fingerprint density at radius 1 is 1.19 bits per heavy atom. The van der Waals surface area contributed by atoms with Gasteiger partial charge in [0.05, 0.1) is 14.2 Å². The molecule has 7 heteroatoms. The van der Waals surface area contributed by atoms with Crippen molar-refractivity contribution in [1.82, 2.24) is 10.2 Å². The molecule has 1 aromatic rings. The van der Waals surface area contributed by atoms with Crippen molar-refractivity contribution >= 4 is 11.9 Å². The number of aliphatic imine (C=N–C) groups is 1. The summed E-state index contributed by atoms with van der Waals surface area (Å²) >= 11 is 0. The standard InChI is InChI=1S/C20H31N3O4/c1-7-21-19(22-12-18(24)27-20(2,3)4)23-9-8-14-10-16(25-5)17(26-6)11-15(14)13-23/h10-11H,7-9,12-13H2,1-6H3,(H,21,22). The van der Waals surface area contributed by atoms with Gasteiger partial charge in [-0.1, -0.05) is 0 Å². The van der Waals surface area contributed by atoms with E-state index in [-0.39, 0.29) is 12.5 Å². The highest BCUT2D eigenvalue weighted by Crippen LogP contribution is 2.33. The third kappa shape index (κ3) is 5.77. The molecule has 0 atom stereocenters. The Balaban J connectivity index is 2.15. The van der Waals surface area contributed by atoms with E-state index in [2.05, 4.69) is 15.2 Å². The molecule has 0 spiro atoms. The van der Waals surface area contributed by atoms with Crippen LogP contribution in [-0.4, -0.2) is 56.3 Å². The molecule has 27 heavy (non-hydrogen) atoms. The van der Waals surface area contributed by atoms with Gasteiger partial charge in [-0.05, 0) is 57.4 Å². The van der Waals surface area contributed by atoms with E-state index in [9.17, 15) is 4.79 Å². The lowest BCUT2D eigenvalue weighted by atomic mass is 9.99. The summed E-state index contributed by atoms with van der Waals surface area (Å²) in [5.41, 5.74) is 1.90. The van der Waals surface area contributed by atoms with Gasteiger partial charge in [-0.2, -0.15) is 0 Å². The first-order valence-electron chi connectivity index (χ1n) is 9.26. The van der Waals surface area contributed by atoms with Crippen molar-refractivity contribution in [3.8, 4) is 11.5 Å². The number of ether oxygens (including phenoxy) is 3. The number of nitrogens with zero attached hydrogens (tertiary/aromatic N) is 2. The molecule has 1 aliphatic rings. The van der Waals surface area contributed by atoms with Crippen molar-refractivity contribution in [3.63, 3.8) is 0 Å². The molecule has 1 N–H and O–H groups in total. The lowest BCUT2D eigenvalue weighted by Gasteiger charge is -2.32. The van der Waals surface area contributed by atoms with Gasteiger partial charge in [0.2, 0.25) is 0 Å². The van der Waals surface area contributed by atoms with Gasteiger partial charge >= 0.3 is 5.97 Å². The van der Waals surface area contributed by atoms with Crippen molar-refractivity contribution in [3.05, 3.63) is 23.3 Å². The van der Waals surface area contributed by atoms with Gasteiger partial charge < -0.3 is 24.4 Å². The average molecular weight is 377 g/mol. The second-order valence-corrected chi connectivity index (χ2v) is 7.40. The van der Waals surface area contributed by atoms with E-state index < -0.39 is 5.60 Å². The zero-order chi connectivity index (χ0) is 20.0. The minimum absolute atomic E-state index is 0.00507. The second-order valence-electron chi connectivity index (χ2n) is 7.40. The number of methoxy groups -OCH3 is 2. The molecule has 7 nitrogen and oxygen atoms in total. The topological polar surface area (TPSA) is 72.4 Å². The maximum Gasteiger partial charge on any atom is 0.328 e. The highest BCUT2D eigenvalue weighted by Gasteiger charge is 2.22. The molecule has 0 aromatic heterocycles. The van der Waals surface area contributed by atoms with Gasteiger partial charge in [0.15, 0.2) is 17.5 Å². The summed E-state index contributed by atoms with van der Waals surface area (Å²) in [5, 5.41) is 3.26. The SMILES string of the molecule is CCNC(=NCC(=O)OC(C)(C)C)N1CCc2cc(OC)c(OC)cc2C1. The minimum atomic E-state index is -0.509. The van der Waals surface area contributed by atoms with Crippen LogP contribution in [0.4, 0.5) is 0 Å². The first-order valence-corrected chi connectivity index (χ1v) is 9.26. The Labute approximate surface area is 161 Å². The van der Waals surface area contributed by atoms with E-state index in [4.69, 9.17) is 14.2 Å². The fraction of sp³-hybridized carbons (Fsp3) is 0.600. The largest absolute Gasteiger partial charge is 0.493 e. The molecule has 0 fully saturated rings. The Morgan fingerprint density at radius 3 is 2.37 bits per heavy atom. The third-order valence-electron chi connectivity index (χ3n) is 4.13. The quantitative estimate of drug-likeness (QED) is 0.483. The van der Waals surface area contributed by atoms with Gasteiger partial charge in [-0.3, -0.25) is 4.79 Å². The van der Waals surface area contributed by atoms with Crippen LogP contribution in [0.15, 0.2) is 17.1 Å². The van der Waals surface area contributed by atoms with E-state index in [0.29, 0.717) is 18.3 Å². The number of nitrogens with one attached hydrogen (secondary N) is 1. The second kappa shape index (κ2) is 8.97. The molecule has 2 rings (SSSR count). The Morgan fingerprint density at radius 2 is 1.81 bits per heavy atom. The number of esters is 1. The summed E-state index contributed by atoms with van der Waals surface area (Å²) in [7, 11) is 3.28. The molecular formula is C20H31N3O4. The molecule has 0 saturated carbocycles. The summed E-state index contributed by atoms with van der Waals surface area (Å²) in [5.74, 6) is 1.84. The van der Waals surface area contributed by atoms with Gasteiger partial charge in [-0.15, -0.1) is 0 Å². The predicted molar refractivity (Wildman–Crippen MR) is 105 cm³/mol. The van der Waals surface area contributed by atoms with Gasteiger partial charge in [0, 0.05) is 19.6 Å². The van der Waals surface area contributed by atoms with Crippen LogP contribution in [0.5, 0.6) is 11.5 Å². The first kappa shape index (κ1) is 20.9. The number of fused-ring (bicyclic) bond motifs is 1. The van der Waals surface area contributed by atoms with Gasteiger partial charge in [-0.25, -0.2) is 4.99 Å². The summed E-state index contributed by atoms with van der Waals surface area (Å²) in [6, 6.07) is 4.05. The number of hydrogen-bond donors (Lipinski definition) is 1. The van der Waals surface area contributed by atoms with E-state index >= 15 is 0 Å². The molecule has 0 amide bonds. The van der Waals surface area contributed by atoms with E-state index in [1.54, 1.807) is 14.2 Å². The normalized spacial score (nSPS) is 14.4. The van der Waals surface area contributed by atoms with Crippen molar-refractivity contribution in [2.75, 3.05) is 33.9 Å². The van der Waals surface area contributed by atoms with Gasteiger partial charge in [0.25, 0.3) is 0 Å². The molecule has 0 aliphatic carbocycles. The molecule has 1 aliphatic heterocycles. The molecule has 1 aromatic carbocycles. The molecule has 0 bridgehead atoms. The molecule has 0 radical (unpaired) electrons. The van der Waals surface area contributed by atoms with Crippen LogP contribution in [0, 0.1) is 0 Å². The maximum absolute atomic E-state index is 12.0. The maximum atomic E-state index is 12.0. The predicted octanol–water partition coefficient (Wildman–Crippen LogP) is 2.37. The lowest BCUT2D eigenvalue weighted by Crippen LogP contribution is -2.44. The monoisotopic (exact) mass is 377 g/mol. The lowest BCUT2D eigenvalue weighted by molar-refractivity contribution is -0.152. The van der Waals surface area contributed by atoms with Crippen LogP contribution < -0.4 is 14.8 Å². The molecule has 150 valence electrons. The fourth-order valence-corrected chi connectivity index (χ4v) is 3.00. The number of carbonyl (C=O) groups excluding carboxylic acids is 1. The highest BCUT2D eigenvalue weighted by molar-refractivity contribution is 5.83. The summed E-state index contributed by atoms with van der Waals surface area (Å²) < 4.78 is 16.2. The van der Waals surface area contributed by atoms with Crippen LogP contribution in [0.1, 0.15) is 38.8 Å². The average Bonchev–Trinajstić information content (AvgIpc) is 2.62. The molecular weight excluding hydrogens is 346 g/mol.